The van der Waals surface area contributed by atoms with Crippen LogP contribution in [0.25, 0.3) is 5.52 Å². The van der Waals surface area contributed by atoms with Gasteiger partial charge in [0.1, 0.15) is 5.82 Å². The number of fused-ring (bicyclic) bond motifs is 1. The first-order chi connectivity index (χ1) is 6.20. The first kappa shape index (κ1) is 7.91. The summed E-state index contributed by atoms with van der Waals surface area (Å²) in [5, 5.41) is 0. The lowest BCUT2D eigenvalue weighted by Crippen LogP contribution is -2.15. The van der Waals surface area contributed by atoms with E-state index in [-0.39, 0.29) is 5.56 Å². The van der Waals surface area contributed by atoms with Crippen molar-refractivity contribution in [2.45, 2.75) is 13.8 Å². The first-order valence-corrected chi connectivity index (χ1v) is 4.00. The number of rotatable bonds is 0. The molecule has 2 rings (SSSR count). The topological polar surface area (TPSA) is 47.3 Å². The fraction of sp³-hybridized carbons (Fsp3) is 0.222. The molecule has 66 valence electrons. The standard InChI is InChI=1S/C9H9N3O/c1-6-8-5-10-3-4-12(8)7(2)11-9(6)13/h3-5H,1-2H3. The van der Waals surface area contributed by atoms with Crippen LogP contribution in [0.3, 0.4) is 0 Å². The minimum Gasteiger partial charge on any atom is -0.302 e. The Morgan fingerprint density at radius 1 is 1.38 bits per heavy atom. The molecule has 0 fully saturated rings. The Labute approximate surface area is 74.9 Å². The fourth-order valence-electron chi connectivity index (χ4n) is 1.32. The monoisotopic (exact) mass is 175 g/mol. The zero-order valence-corrected chi connectivity index (χ0v) is 7.48. The van der Waals surface area contributed by atoms with Gasteiger partial charge in [0, 0.05) is 18.0 Å². The maximum atomic E-state index is 11.3. The summed E-state index contributed by atoms with van der Waals surface area (Å²) < 4.78 is 1.85. The molecule has 0 saturated heterocycles. The summed E-state index contributed by atoms with van der Waals surface area (Å²) in [6, 6.07) is 0. The van der Waals surface area contributed by atoms with Crippen LogP contribution in [-0.4, -0.2) is 14.4 Å². The van der Waals surface area contributed by atoms with Crippen molar-refractivity contribution in [3.63, 3.8) is 0 Å². The second-order valence-electron chi connectivity index (χ2n) is 2.92. The highest BCUT2D eigenvalue weighted by atomic mass is 16.1. The predicted molar refractivity (Wildman–Crippen MR) is 48.7 cm³/mol. The molecule has 0 N–H and O–H groups in total. The summed E-state index contributed by atoms with van der Waals surface area (Å²) in [5.74, 6) is 0.688. The molecule has 0 unspecified atom stereocenters. The number of nitrogens with zero attached hydrogens (tertiary/aromatic N) is 3. The molecule has 4 heteroatoms. The highest BCUT2D eigenvalue weighted by Crippen LogP contribution is 2.04. The van der Waals surface area contributed by atoms with Crippen molar-refractivity contribution in [1.29, 1.82) is 0 Å². The molecule has 0 amide bonds. The van der Waals surface area contributed by atoms with Gasteiger partial charge in [0.05, 0.1) is 11.7 Å². The highest BCUT2D eigenvalue weighted by molar-refractivity contribution is 5.51. The molecule has 4 nitrogen and oxygen atoms in total. The van der Waals surface area contributed by atoms with Crippen LogP contribution in [-0.2, 0) is 0 Å². The molecule has 2 heterocycles. The van der Waals surface area contributed by atoms with Crippen LogP contribution in [0.15, 0.2) is 23.4 Å². The van der Waals surface area contributed by atoms with E-state index < -0.39 is 0 Å². The average molecular weight is 175 g/mol. The second kappa shape index (κ2) is 2.65. The molecule has 0 saturated carbocycles. The zero-order chi connectivity index (χ0) is 9.42. The molecule has 0 aliphatic rings. The number of hydrogen-bond donors (Lipinski definition) is 0. The van der Waals surface area contributed by atoms with Crippen LogP contribution in [0, 0.1) is 13.8 Å². The molecular weight excluding hydrogens is 166 g/mol. The normalized spacial score (nSPS) is 10.6. The Morgan fingerprint density at radius 3 is 2.92 bits per heavy atom. The van der Waals surface area contributed by atoms with Crippen molar-refractivity contribution >= 4 is 5.52 Å². The Balaban J connectivity index is 3.06. The summed E-state index contributed by atoms with van der Waals surface area (Å²) in [4.78, 5) is 19.2. The Hall–Kier alpha value is -1.71. The van der Waals surface area contributed by atoms with E-state index in [0.717, 1.165) is 5.52 Å². The van der Waals surface area contributed by atoms with Crippen molar-refractivity contribution in [3.8, 4) is 0 Å². The molecule has 2 aromatic heterocycles. The molecule has 0 bridgehead atoms. The third-order valence-electron chi connectivity index (χ3n) is 2.08. The largest absolute Gasteiger partial charge is 0.302 e. The molecule has 0 aliphatic carbocycles. The lowest BCUT2D eigenvalue weighted by atomic mass is 10.3. The molecular formula is C9H9N3O. The van der Waals surface area contributed by atoms with E-state index in [1.807, 2.05) is 4.40 Å². The van der Waals surface area contributed by atoms with Gasteiger partial charge >= 0.3 is 0 Å². The van der Waals surface area contributed by atoms with E-state index in [4.69, 9.17) is 0 Å². The summed E-state index contributed by atoms with van der Waals surface area (Å²) >= 11 is 0. The fourth-order valence-corrected chi connectivity index (χ4v) is 1.32. The molecule has 0 atom stereocenters. The van der Waals surface area contributed by atoms with Crippen molar-refractivity contribution in [2.75, 3.05) is 0 Å². The smallest absolute Gasteiger partial charge is 0.276 e. The minimum absolute atomic E-state index is 0.175. The summed E-state index contributed by atoms with van der Waals surface area (Å²) in [5.41, 5.74) is 1.28. The molecule has 0 radical (unpaired) electrons. The van der Waals surface area contributed by atoms with Crippen LogP contribution in [0.1, 0.15) is 11.4 Å². The Bertz CT molecular complexity index is 516. The van der Waals surface area contributed by atoms with Crippen molar-refractivity contribution in [1.82, 2.24) is 14.4 Å². The van der Waals surface area contributed by atoms with Crippen LogP contribution < -0.4 is 5.56 Å². The van der Waals surface area contributed by atoms with Gasteiger partial charge in [-0.2, -0.15) is 4.98 Å². The Kier molecular flexibility index (Phi) is 1.62. The lowest BCUT2D eigenvalue weighted by Gasteiger charge is -2.04. The molecule has 0 aliphatic heterocycles. The van der Waals surface area contributed by atoms with Crippen LogP contribution in [0.2, 0.25) is 0 Å². The third kappa shape index (κ3) is 1.11. The van der Waals surface area contributed by atoms with Gasteiger partial charge in [0.15, 0.2) is 0 Å². The number of hydrogen-bond acceptors (Lipinski definition) is 3. The van der Waals surface area contributed by atoms with Crippen LogP contribution >= 0.6 is 0 Å². The number of aromatic nitrogens is 3. The van der Waals surface area contributed by atoms with E-state index in [0.29, 0.717) is 11.4 Å². The molecule has 0 spiro atoms. The first-order valence-electron chi connectivity index (χ1n) is 4.00. The van der Waals surface area contributed by atoms with Gasteiger partial charge in [-0.1, -0.05) is 0 Å². The number of aryl methyl sites for hydroxylation is 2. The van der Waals surface area contributed by atoms with Crippen molar-refractivity contribution in [2.24, 2.45) is 0 Å². The van der Waals surface area contributed by atoms with Gasteiger partial charge in [0.25, 0.3) is 5.56 Å². The summed E-state index contributed by atoms with van der Waals surface area (Å²) in [6.07, 6.45) is 5.14. The minimum atomic E-state index is -0.175. The van der Waals surface area contributed by atoms with E-state index in [1.165, 1.54) is 0 Å². The molecule has 13 heavy (non-hydrogen) atoms. The Morgan fingerprint density at radius 2 is 2.15 bits per heavy atom. The molecule has 0 aromatic carbocycles. The van der Waals surface area contributed by atoms with Gasteiger partial charge in [-0.15, -0.1) is 0 Å². The highest BCUT2D eigenvalue weighted by Gasteiger charge is 2.03. The van der Waals surface area contributed by atoms with Gasteiger partial charge in [-0.25, -0.2) is 0 Å². The maximum Gasteiger partial charge on any atom is 0.276 e. The van der Waals surface area contributed by atoms with Gasteiger partial charge in [0.2, 0.25) is 0 Å². The summed E-state index contributed by atoms with van der Waals surface area (Å²) in [6.45, 7) is 3.56. The van der Waals surface area contributed by atoms with E-state index >= 15 is 0 Å². The van der Waals surface area contributed by atoms with Gasteiger partial charge < -0.3 is 4.40 Å². The molecule has 2 aromatic rings. The van der Waals surface area contributed by atoms with Gasteiger partial charge in [-0.3, -0.25) is 9.78 Å². The van der Waals surface area contributed by atoms with E-state index in [9.17, 15) is 4.79 Å². The van der Waals surface area contributed by atoms with Gasteiger partial charge in [-0.05, 0) is 13.8 Å². The third-order valence-corrected chi connectivity index (χ3v) is 2.08. The predicted octanol–water partition coefficient (Wildman–Crippen LogP) is 0.706. The zero-order valence-electron chi connectivity index (χ0n) is 7.48. The van der Waals surface area contributed by atoms with E-state index in [2.05, 4.69) is 9.97 Å². The summed E-state index contributed by atoms with van der Waals surface area (Å²) in [7, 11) is 0. The van der Waals surface area contributed by atoms with Crippen LogP contribution in [0.4, 0.5) is 0 Å². The maximum absolute atomic E-state index is 11.3. The second-order valence-corrected chi connectivity index (χ2v) is 2.92. The van der Waals surface area contributed by atoms with E-state index in [1.54, 1.807) is 32.4 Å². The average Bonchev–Trinajstić information content (AvgIpc) is 2.15. The SMILES string of the molecule is Cc1c(=O)nc(C)n2ccncc12. The lowest BCUT2D eigenvalue weighted by molar-refractivity contribution is 0.930. The van der Waals surface area contributed by atoms with Crippen molar-refractivity contribution < 1.29 is 0 Å². The van der Waals surface area contributed by atoms with Crippen LogP contribution in [0.5, 0.6) is 0 Å². The van der Waals surface area contributed by atoms with Crippen molar-refractivity contribution in [3.05, 3.63) is 40.3 Å². The quantitative estimate of drug-likeness (QED) is 0.592.